The molecule has 0 saturated carbocycles. The van der Waals surface area contributed by atoms with Crippen LogP contribution in [0.2, 0.25) is 0 Å². The molecule has 0 spiro atoms. The first-order chi connectivity index (χ1) is 2.77. The summed E-state index contributed by atoms with van der Waals surface area (Å²) in [6.07, 6.45) is 0. The molecule has 6 heavy (non-hydrogen) atoms. The maximum Gasteiger partial charge on any atom is 0.250 e. The quantitative estimate of drug-likeness (QED) is 0.431. The van der Waals surface area contributed by atoms with Gasteiger partial charge in [0.1, 0.15) is 0 Å². The third kappa shape index (κ3) is 4.31. The van der Waals surface area contributed by atoms with E-state index in [0.29, 0.717) is 6.54 Å². The second-order valence-electron chi connectivity index (χ2n) is 0.801. The molecule has 0 aromatic carbocycles. The minimum absolute atomic E-state index is 0.610. The van der Waals surface area contributed by atoms with Crippen molar-refractivity contribution in [3.8, 4) is 0 Å². The van der Waals surface area contributed by atoms with Crippen LogP contribution in [-0.2, 0) is 0 Å². The fraction of sp³-hybridized carbons (Fsp3) is 1.00. The molecule has 0 radical (unpaired) electrons. The van der Waals surface area contributed by atoms with E-state index in [1.807, 2.05) is 6.92 Å². The average Bonchev–Trinajstić information content (AvgIpc) is 1.35. The van der Waals surface area contributed by atoms with Gasteiger partial charge in [0.05, 0.1) is 0 Å². The summed E-state index contributed by atoms with van der Waals surface area (Å²) < 4.78 is 0. The van der Waals surface area contributed by atoms with Gasteiger partial charge in [0.2, 0.25) is 8.53 Å². The summed E-state index contributed by atoms with van der Waals surface area (Å²) in [7, 11) is -1.85. The molecule has 0 atom stereocenters. The highest BCUT2D eigenvalue weighted by molar-refractivity contribution is 7.42. The van der Waals surface area contributed by atoms with Crippen molar-refractivity contribution in [1.82, 2.24) is 5.09 Å². The number of hydrogen-bond donors (Lipinski definition) is 3. The third-order valence-corrected chi connectivity index (χ3v) is 0.899. The van der Waals surface area contributed by atoms with Crippen molar-refractivity contribution in [3.63, 3.8) is 0 Å². The van der Waals surface area contributed by atoms with E-state index >= 15 is 0 Å². The molecular weight excluding hydrogens is 101 g/mol. The Morgan fingerprint density at radius 2 is 2.17 bits per heavy atom. The molecule has 0 aromatic rings. The van der Waals surface area contributed by atoms with Crippen molar-refractivity contribution in [1.29, 1.82) is 0 Å². The lowest BCUT2D eigenvalue weighted by Gasteiger charge is -1.96. The molecule has 0 unspecified atom stereocenters. The predicted octanol–water partition coefficient (Wildman–Crippen LogP) is -0.193. The molecule has 0 fully saturated rings. The molecule has 0 aliphatic rings. The Bertz CT molecular complexity index is 32.7. The van der Waals surface area contributed by atoms with Crippen molar-refractivity contribution in [3.05, 3.63) is 0 Å². The van der Waals surface area contributed by atoms with E-state index in [9.17, 15) is 0 Å². The average molecular weight is 109 g/mol. The highest BCUT2D eigenvalue weighted by Crippen LogP contribution is 2.13. The first kappa shape index (κ1) is 6.31. The van der Waals surface area contributed by atoms with Crippen LogP contribution in [0.25, 0.3) is 0 Å². The van der Waals surface area contributed by atoms with Gasteiger partial charge in [-0.25, -0.2) is 0 Å². The molecule has 0 aromatic heterocycles. The smallest absolute Gasteiger partial charge is 0.250 e. The van der Waals surface area contributed by atoms with Gasteiger partial charge >= 0.3 is 0 Å². The lowest BCUT2D eigenvalue weighted by atomic mass is 10.8. The molecule has 0 aliphatic heterocycles. The van der Waals surface area contributed by atoms with Gasteiger partial charge in [-0.05, 0) is 0 Å². The predicted molar refractivity (Wildman–Crippen MR) is 25.0 cm³/mol. The van der Waals surface area contributed by atoms with Crippen LogP contribution in [-0.4, -0.2) is 16.3 Å². The van der Waals surface area contributed by atoms with E-state index in [4.69, 9.17) is 9.79 Å². The summed E-state index contributed by atoms with van der Waals surface area (Å²) in [5.74, 6) is 0. The Balaban J connectivity index is 2.63. The Morgan fingerprint density at radius 3 is 2.17 bits per heavy atom. The molecule has 0 saturated heterocycles. The van der Waals surface area contributed by atoms with Crippen LogP contribution in [0.1, 0.15) is 6.92 Å². The minimum atomic E-state index is -1.85. The number of rotatable bonds is 2. The summed E-state index contributed by atoms with van der Waals surface area (Å²) in [5.41, 5.74) is 0. The van der Waals surface area contributed by atoms with Gasteiger partial charge < -0.3 is 9.79 Å². The zero-order chi connectivity index (χ0) is 4.99. The second-order valence-corrected chi connectivity index (χ2v) is 1.70. The molecule has 3 nitrogen and oxygen atoms in total. The van der Waals surface area contributed by atoms with Crippen molar-refractivity contribution in [2.24, 2.45) is 0 Å². The van der Waals surface area contributed by atoms with Crippen LogP contribution in [0.15, 0.2) is 0 Å². The van der Waals surface area contributed by atoms with Crippen molar-refractivity contribution < 1.29 is 9.79 Å². The van der Waals surface area contributed by atoms with Gasteiger partial charge in [-0.2, -0.15) is 0 Å². The lowest BCUT2D eigenvalue weighted by Crippen LogP contribution is -2.02. The fourth-order valence-corrected chi connectivity index (χ4v) is 0.424. The van der Waals surface area contributed by atoms with Crippen LogP contribution in [0, 0.1) is 0 Å². The maximum absolute atomic E-state index is 8.06. The van der Waals surface area contributed by atoms with Crippen molar-refractivity contribution in [2.45, 2.75) is 6.92 Å². The van der Waals surface area contributed by atoms with Gasteiger partial charge in [0.25, 0.3) is 0 Å². The Hall–Kier alpha value is 0.310. The second kappa shape index (κ2) is 3.50. The SMILES string of the molecule is CCNP(O)O. The Morgan fingerprint density at radius 1 is 1.67 bits per heavy atom. The highest BCUT2D eigenvalue weighted by Gasteiger charge is 1.88. The van der Waals surface area contributed by atoms with E-state index < -0.39 is 8.53 Å². The maximum atomic E-state index is 8.06. The minimum Gasteiger partial charge on any atom is -0.338 e. The zero-order valence-electron chi connectivity index (χ0n) is 3.55. The molecule has 0 amide bonds. The van der Waals surface area contributed by atoms with Crippen LogP contribution < -0.4 is 5.09 Å². The van der Waals surface area contributed by atoms with Gasteiger partial charge in [-0.3, -0.25) is 5.09 Å². The fourth-order valence-electron chi connectivity index (χ4n) is 0.141. The Kier molecular flexibility index (Phi) is 3.68. The summed E-state index contributed by atoms with van der Waals surface area (Å²) in [5, 5.41) is 2.38. The van der Waals surface area contributed by atoms with Crippen molar-refractivity contribution in [2.75, 3.05) is 6.54 Å². The summed E-state index contributed by atoms with van der Waals surface area (Å²) in [6, 6.07) is 0. The van der Waals surface area contributed by atoms with E-state index in [2.05, 4.69) is 5.09 Å². The molecule has 4 heteroatoms. The molecule has 0 bridgehead atoms. The highest BCUT2D eigenvalue weighted by atomic mass is 31.2. The normalized spacial score (nSPS) is 10.0. The molecule has 0 heterocycles. The topological polar surface area (TPSA) is 52.5 Å². The molecule has 0 aliphatic carbocycles. The van der Waals surface area contributed by atoms with Gasteiger partial charge in [0.15, 0.2) is 0 Å². The third-order valence-electron chi connectivity index (χ3n) is 0.300. The first-order valence-electron chi connectivity index (χ1n) is 1.68. The molecule has 38 valence electrons. The van der Waals surface area contributed by atoms with E-state index in [-0.39, 0.29) is 0 Å². The van der Waals surface area contributed by atoms with Crippen LogP contribution in [0.4, 0.5) is 0 Å². The van der Waals surface area contributed by atoms with Gasteiger partial charge in [-0.15, -0.1) is 0 Å². The van der Waals surface area contributed by atoms with Gasteiger partial charge in [-0.1, -0.05) is 6.92 Å². The molecule has 0 rings (SSSR count). The van der Waals surface area contributed by atoms with E-state index in [0.717, 1.165) is 0 Å². The zero-order valence-corrected chi connectivity index (χ0v) is 4.44. The van der Waals surface area contributed by atoms with E-state index in [1.165, 1.54) is 0 Å². The summed E-state index contributed by atoms with van der Waals surface area (Å²) >= 11 is 0. The standard InChI is InChI=1S/C2H8NO2P/c1-2-3-6(4)5/h3-5H,2H2,1H3. The number of hydrogen-bond acceptors (Lipinski definition) is 3. The van der Waals surface area contributed by atoms with Crippen LogP contribution in [0.5, 0.6) is 0 Å². The lowest BCUT2D eigenvalue weighted by molar-refractivity contribution is 0.467. The van der Waals surface area contributed by atoms with Crippen LogP contribution >= 0.6 is 8.53 Å². The largest absolute Gasteiger partial charge is 0.338 e. The molecular formula is C2H8NO2P. The van der Waals surface area contributed by atoms with Gasteiger partial charge in [0, 0.05) is 6.54 Å². The monoisotopic (exact) mass is 109 g/mol. The summed E-state index contributed by atoms with van der Waals surface area (Å²) in [6.45, 7) is 2.42. The Labute approximate surface area is 38.0 Å². The van der Waals surface area contributed by atoms with Crippen molar-refractivity contribution >= 4 is 8.53 Å². The summed E-state index contributed by atoms with van der Waals surface area (Å²) in [4.78, 5) is 16.1. The first-order valence-corrected chi connectivity index (χ1v) is 2.93. The molecule has 3 N–H and O–H groups in total. The van der Waals surface area contributed by atoms with E-state index in [1.54, 1.807) is 0 Å². The van der Waals surface area contributed by atoms with Crippen LogP contribution in [0.3, 0.4) is 0 Å². The number of nitrogens with one attached hydrogen (secondary N) is 1.